The van der Waals surface area contributed by atoms with Crippen molar-refractivity contribution in [2.75, 3.05) is 18.2 Å². The summed E-state index contributed by atoms with van der Waals surface area (Å²) in [6, 6.07) is 6.42. The fraction of sp³-hybridized carbons (Fsp3) is 0.538. The fourth-order valence-corrected chi connectivity index (χ4v) is 2.42. The molecule has 2 atom stereocenters. The summed E-state index contributed by atoms with van der Waals surface area (Å²) >= 11 is 0. The van der Waals surface area contributed by atoms with Crippen molar-refractivity contribution in [1.29, 1.82) is 0 Å². The quantitative estimate of drug-likeness (QED) is 0.770. The Morgan fingerprint density at radius 2 is 2.19 bits per heavy atom. The number of nitrogens with two attached hydrogens (primary N) is 1. The highest BCUT2D eigenvalue weighted by Crippen LogP contribution is 2.27. The minimum Gasteiger partial charge on any atom is -0.399 e. The molecule has 1 aliphatic carbocycles. The Morgan fingerprint density at radius 3 is 2.88 bits per heavy atom. The van der Waals surface area contributed by atoms with Crippen molar-refractivity contribution in [3.63, 3.8) is 0 Å². The van der Waals surface area contributed by atoms with Crippen LogP contribution in [-0.2, 0) is 4.74 Å². The van der Waals surface area contributed by atoms with Crippen LogP contribution < -0.4 is 11.1 Å². The Bertz CT molecular complexity index is 365. The lowest BCUT2D eigenvalue weighted by atomic mass is 10.1. The van der Waals surface area contributed by atoms with Gasteiger partial charge in [-0.25, -0.2) is 0 Å². The van der Waals surface area contributed by atoms with E-state index in [1.165, 1.54) is 24.1 Å². The molecule has 0 heterocycles. The van der Waals surface area contributed by atoms with Crippen LogP contribution in [0.25, 0.3) is 0 Å². The Morgan fingerprint density at radius 1 is 1.38 bits per heavy atom. The molecule has 3 N–H and O–H groups in total. The molecule has 3 heteroatoms. The van der Waals surface area contributed by atoms with Crippen LogP contribution >= 0.6 is 0 Å². The first-order valence-electron chi connectivity index (χ1n) is 5.86. The largest absolute Gasteiger partial charge is 0.399 e. The highest BCUT2D eigenvalue weighted by molar-refractivity contribution is 5.58. The van der Waals surface area contributed by atoms with Crippen LogP contribution in [0.15, 0.2) is 18.2 Å². The Kier molecular flexibility index (Phi) is 3.34. The second-order valence-corrected chi connectivity index (χ2v) is 4.53. The van der Waals surface area contributed by atoms with Crippen molar-refractivity contribution in [2.24, 2.45) is 0 Å². The molecular formula is C13H20N2O. The minimum atomic E-state index is 0.344. The van der Waals surface area contributed by atoms with Crippen LogP contribution in [0.2, 0.25) is 0 Å². The fourth-order valence-electron chi connectivity index (χ4n) is 2.42. The monoisotopic (exact) mass is 220 g/mol. The average Bonchev–Trinajstić information content (AvgIpc) is 2.69. The van der Waals surface area contributed by atoms with Crippen molar-refractivity contribution in [1.82, 2.24) is 0 Å². The van der Waals surface area contributed by atoms with Gasteiger partial charge in [0.2, 0.25) is 0 Å². The van der Waals surface area contributed by atoms with Gasteiger partial charge < -0.3 is 15.8 Å². The highest BCUT2D eigenvalue weighted by atomic mass is 16.5. The molecule has 0 spiro atoms. The van der Waals surface area contributed by atoms with Crippen molar-refractivity contribution in [3.8, 4) is 0 Å². The third kappa shape index (κ3) is 2.30. The van der Waals surface area contributed by atoms with E-state index in [2.05, 4.69) is 18.3 Å². The van der Waals surface area contributed by atoms with Gasteiger partial charge in [0.25, 0.3) is 0 Å². The average molecular weight is 220 g/mol. The lowest BCUT2D eigenvalue weighted by molar-refractivity contribution is 0.101. The van der Waals surface area contributed by atoms with Gasteiger partial charge in [0.1, 0.15) is 0 Å². The molecule has 2 rings (SSSR count). The maximum Gasteiger partial charge on any atom is 0.0772 e. The number of nitrogen functional groups attached to an aromatic ring is 1. The molecule has 1 aromatic rings. The number of nitrogens with one attached hydrogen (secondary N) is 1. The minimum absolute atomic E-state index is 0.344. The van der Waals surface area contributed by atoms with Crippen molar-refractivity contribution < 1.29 is 4.74 Å². The molecule has 2 unspecified atom stereocenters. The second kappa shape index (κ2) is 4.74. The molecule has 0 saturated heterocycles. The molecule has 0 aromatic heterocycles. The summed E-state index contributed by atoms with van der Waals surface area (Å²) in [5, 5.41) is 3.56. The third-order valence-electron chi connectivity index (χ3n) is 3.35. The van der Waals surface area contributed by atoms with E-state index in [9.17, 15) is 0 Å². The number of methoxy groups -OCH3 is 1. The number of anilines is 2. The number of hydrogen-bond donors (Lipinski definition) is 2. The molecule has 1 saturated carbocycles. The molecule has 1 aromatic carbocycles. The van der Waals surface area contributed by atoms with Gasteiger partial charge in [0.15, 0.2) is 0 Å². The van der Waals surface area contributed by atoms with Gasteiger partial charge in [0, 0.05) is 18.5 Å². The zero-order valence-electron chi connectivity index (χ0n) is 9.99. The lowest BCUT2D eigenvalue weighted by Gasteiger charge is -2.22. The third-order valence-corrected chi connectivity index (χ3v) is 3.35. The van der Waals surface area contributed by atoms with Gasteiger partial charge in [-0.1, -0.05) is 0 Å². The topological polar surface area (TPSA) is 47.3 Å². The van der Waals surface area contributed by atoms with Gasteiger partial charge in [-0.2, -0.15) is 0 Å². The van der Waals surface area contributed by atoms with Crippen LogP contribution in [0.3, 0.4) is 0 Å². The second-order valence-electron chi connectivity index (χ2n) is 4.53. The molecule has 1 aliphatic rings. The molecule has 3 nitrogen and oxygen atoms in total. The highest BCUT2D eigenvalue weighted by Gasteiger charge is 2.26. The smallest absolute Gasteiger partial charge is 0.0772 e. The van der Waals surface area contributed by atoms with E-state index in [0.29, 0.717) is 12.1 Å². The van der Waals surface area contributed by atoms with Crippen LogP contribution in [0.5, 0.6) is 0 Å². The summed E-state index contributed by atoms with van der Waals surface area (Å²) in [6.45, 7) is 2.08. The SMILES string of the molecule is COC1CCCC1Nc1ccc(N)cc1C. The van der Waals surface area contributed by atoms with Crippen LogP contribution in [0, 0.1) is 6.92 Å². The normalized spacial score (nSPS) is 24.6. The van der Waals surface area contributed by atoms with Crippen LogP contribution in [0.4, 0.5) is 11.4 Å². The first kappa shape index (κ1) is 11.3. The Labute approximate surface area is 97.0 Å². The maximum absolute atomic E-state index is 5.74. The van der Waals surface area contributed by atoms with Gasteiger partial charge in [-0.15, -0.1) is 0 Å². The van der Waals surface area contributed by atoms with Crippen LogP contribution in [-0.4, -0.2) is 19.3 Å². The predicted molar refractivity (Wildman–Crippen MR) is 67.7 cm³/mol. The van der Waals surface area contributed by atoms with Crippen LogP contribution in [0.1, 0.15) is 24.8 Å². The number of aryl methyl sites for hydroxylation is 1. The molecule has 0 bridgehead atoms. The molecule has 16 heavy (non-hydrogen) atoms. The molecule has 0 amide bonds. The van der Waals surface area contributed by atoms with Crippen molar-refractivity contribution in [2.45, 2.75) is 38.3 Å². The van der Waals surface area contributed by atoms with Crippen molar-refractivity contribution in [3.05, 3.63) is 23.8 Å². The standard InChI is InChI=1S/C13H20N2O/c1-9-8-10(14)6-7-11(9)15-12-4-3-5-13(12)16-2/h6-8,12-13,15H,3-5,14H2,1-2H3. The summed E-state index contributed by atoms with van der Waals surface area (Å²) in [6.07, 6.45) is 3.92. The Hall–Kier alpha value is -1.22. The summed E-state index contributed by atoms with van der Waals surface area (Å²) in [7, 11) is 1.79. The van der Waals surface area contributed by atoms with Crippen molar-refractivity contribution >= 4 is 11.4 Å². The molecule has 0 radical (unpaired) electrons. The van der Waals surface area contributed by atoms with Gasteiger partial charge in [0.05, 0.1) is 12.1 Å². The zero-order chi connectivity index (χ0) is 11.5. The number of hydrogen-bond acceptors (Lipinski definition) is 3. The van der Waals surface area contributed by atoms with Gasteiger partial charge >= 0.3 is 0 Å². The van der Waals surface area contributed by atoms with E-state index < -0.39 is 0 Å². The van der Waals surface area contributed by atoms with E-state index in [1.807, 2.05) is 12.1 Å². The van der Waals surface area contributed by atoms with Gasteiger partial charge in [-0.05, 0) is 49.9 Å². The summed E-state index contributed by atoms with van der Waals surface area (Å²) in [5.74, 6) is 0. The van der Waals surface area contributed by atoms with E-state index in [0.717, 1.165) is 12.1 Å². The first-order chi connectivity index (χ1) is 7.70. The van der Waals surface area contributed by atoms with E-state index in [-0.39, 0.29) is 0 Å². The molecule has 88 valence electrons. The predicted octanol–water partition coefficient (Wildman–Crippen LogP) is 2.56. The molecule has 1 fully saturated rings. The van der Waals surface area contributed by atoms with E-state index >= 15 is 0 Å². The maximum atomic E-state index is 5.74. The Balaban J connectivity index is 2.08. The van der Waals surface area contributed by atoms with E-state index in [1.54, 1.807) is 7.11 Å². The number of benzene rings is 1. The number of rotatable bonds is 3. The number of ether oxygens (including phenoxy) is 1. The lowest BCUT2D eigenvalue weighted by Crippen LogP contribution is -2.29. The summed E-state index contributed by atoms with van der Waals surface area (Å²) < 4.78 is 5.47. The van der Waals surface area contributed by atoms with E-state index in [4.69, 9.17) is 10.5 Å². The summed E-state index contributed by atoms with van der Waals surface area (Å²) in [4.78, 5) is 0. The van der Waals surface area contributed by atoms with Gasteiger partial charge in [-0.3, -0.25) is 0 Å². The zero-order valence-corrected chi connectivity index (χ0v) is 9.99. The molecular weight excluding hydrogens is 200 g/mol. The molecule has 0 aliphatic heterocycles. The summed E-state index contributed by atoms with van der Waals surface area (Å²) in [5.41, 5.74) is 8.92. The first-order valence-corrected chi connectivity index (χ1v) is 5.86.